The summed E-state index contributed by atoms with van der Waals surface area (Å²) in [4.78, 5) is 0. The predicted octanol–water partition coefficient (Wildman–Crippen LogP) is 2.03. The van der Waals surface area contributed by atoms with Crippen molar-refractivity contribution in [1.82, 2.24) is 5.32 Å². The fourth-order valence-electron chi connectivity index (χ4n) is 0.978. The lowest BCUT2D eigenvalue weighted by Crippen LogP contribution is -2.29. The first-order chi connectivity index (χ1) is 5.22. The molecule has 1 nitrogen and oxygen atoms in total. The fraction of sp³-hybridized carbons (Fsp3) is 0.800. The van der Waals surface area contributed by atoms with Crippen LogP contribution in [-0.4, -0.2) is 13.1 Å². The van der Waals surface area contributed by atoms with Crippen molar-refractivity contribution >= 4 is 0 Å². The smallest absolute Gasteiger partial charge is 0.0245 e. The topological polar surface area (TPSA) is 12.0 Å². The SMILES string of the molecule is CCC#CCC(NC)C(C)C. The Morgan fingerprint density at radius 1 is 1.27 bits per heavy atom. The first-order valence-electron chi connectivity index (χ1n) is 4.35. The highest BCUT2D eigenvalue weighted by Gasteiger charge is 2.07. The molecule has 11 heavy (non-hydrogen) atoms. The normalized spacial score (nSPS) is 12.5. The average Bonchev–Trinajstić information content (AvgIpc) is 1.97. The van der Waals surface area contributed by atoms with Crippen LogP contribution < -0.4 is 5.32 Å². The van der Waals surface area contributed by atoms with E-state index in [0.717, 1.165) is 12.8 Å². The zero-order chi connectivity index (χ0) is 8.69. The van der Waals surface area contributed by atoms with Crippen molar-refractivity contribution in [2.45, 2.75) is 39.7 Å². The summed E-state index contributed by atoms with van der Waals surface area (Å²) in [6.07, 6.45) is 1.94. The van der Waals surface area contributed by atoms with Gasteiger partial charge in [-0.1, -0.05) is 20.8 Å². The highest BCUT2D eigenvalue weighted by molar-refractivity contribution is 5.00. The van der Waals surface area contributed by atoms with Crippen molar-refractivity contribution in [2.75, 3.05) is 7.05 Å². The van der Waals surface area contributed by atoms with Gasteiger partial charge in [-0.25, -0.2) is 0 Å². The molecule has 0 saturated heterocycles. The molecular formula is C10H19N. The van der Waals surface area contributed by atoms with Gasteiger partial charge < -0.3 is 5.32 Å². The van der Waals surface area contributed by atoms with Crippen LogP contribution in [0.2, 0.25) is 0 Å². The fourth-order valence-corrected chi connectivity index (χ4v) is 0.978. The Bertz CT molecular complexity index is 139. The first kappa shape index (κ1) is 10.5. The number of nitrogens with one attached hydrogen (secondary N) is 1. The van der Waals surface area contributed by atoms with E-state index in [1.54, 1.807) is 0 Å². The lowest BCUT2D eigenvalue weighted by molar-refractivity contribution is 0.435. The van der Waals surface area contributed by atoms with Crippen LogP contribution in [0.15, 0.2) is 0 Å². The van der Waals surface area contributed by atoms with E-state index in [1.807, 2.05) is 7.05 Å². The van der Waals surface area contributed by atoms with E-state index in [1.165, 1.54) is 0 Å². The molecule has 1 atom stereocenters. The maximum Gasteiger partial charge on any atom is 0.0245 e. The van der Waals surface area contributed by atoms with E-state index in [0.29, 0.717) is 12.0 Å². The molecule has 1 unspecified atom stereocenters. The maximum absolute atomic E-state index is 3.26. The van der Waals surface area contributed by atoms with Crippen LogP contribution in [-0.2, 0) is 0 Å². The van der Waals surface area contributed by atoms with E-state index >= 15 is 0 Å². The van der Waals surface area contributed by atoms with Gasteiger partial charge in [-0.3, -0.25) is 0 Å². The Labute approximate surface area is 70.6 Å². The molecule has 0 amide bonds. The highest BCUT2D eigenvalue weighted by Crippen LogP contribution is 2.03. The summed E-state index contributed by atoms with van der Waals surface area (Å²) < 4.78 is 0. The van der Waals surface area contributed by atoms with Gasteiger partial charge in [0, 0.05) is 18.9 Å². The molecule has 1 heteroatoms. The minimum absolute atomic E-state index is 0.550. The average molecular weight is 153 g/mol. The summed E-state index contributed by atoms with van der Waals surface area (Å²) >= 11 is 0. The molecular weight excluding hydrogens is 134 g/mol. The van der Waals surface area contributed by atoms with Gasteiger partial charge >= 0.3 is 0 Å². The Morgan fingerprint density at radius 2 is 1.91 bits per heavy atom. The molecule has 0 bridgehead atoms. The summed E-state index contributed by atoms with van der Waals surface area (Å²) in [6, 6.07) is 0.550. The van der Waals surface area contributed by atoms with Crippen molar-refractivity contribution in [2.24, 2.45) is 5.92 Å². The standard InChI is InChI=1S/C10H19N/c1-5-6-7-8-10(11-4)9(2)3/h9-11H,5,8H2,1-4H3. The Kier molecular flexibility index (Phi) is 5.97. The summed E-state index contributed by atoms with van der Waals surface area (Å²) in [5.41, 5.74) is 0. The molecule has 0 heterocycles. The Balaban J connectivity index is 3.69. The lowest BCUT2D eigenvalue weighted by atomic mass is 10.0. The largest absolute Gasteiger partial charge is 0.316 e. The summed E-state index contributed by atoms with van der Waals surface area (Å²) in [6.45, 7) is 6.51. The lowest BCUT2D eigenvalue weighted by Gasteiger charge is -2.16. The van der Waals surface area contributed by atoms with Crippen LogP contribution in [0.1, 0.15) is 33.6 Å². The van der Waals surface area contributed by atoms with Crippen LogP contribution in [0, 0.1) is 17.8 Å². The maximum atomic E-state index is 3.26. The van der Waals surface area contributed by atoms with Crippen LogP contribution in [0.3, 0.4) is 0 Å². The second kappa shape index (κ2) is 6.24. The highest BCUT2D eigenvalue weighted by atomic mass is 14.9. The molecule has 0 aromatic rings. The molecule has 0 rings (SSSR count). The molecule has 64 valence electrons. The van der Waals surface area contributed by atoms with Crippen molar-refractivity contribution < 1.29 is 0 Å². The van der Waals surface area contributed by atoms with Crippen molar-refractivity contribution in [1.29, 1.82) is 0 Å². The van der Waals surface area contributed by atoms with Gasteiger partial charge in [0.15, 0.2) is 0 Å². The van der Waals surface area contributed by atoms with E-state index in [-0.39, 0.29) is 0 Å². The summed E-state index contributed by atoms with van der Waals surface area (Å²) in [5.74, 6) is 6.91. The van der Waals surface area contributed by atoms with Gasteiger partial charge in [-0.15, -0.1) is 11.8 Å². The molecule has 0 spiro atoms. The second-order valence-electron chi connectivity index (χ2n) is 3.05. The zero-order valence-electron chi connectivity index (χ0n) is 8.07. The second-order valence-corrected chi connectivity index (χ2v) is 3.05. The third kappa shape index (κ3) is 4.86. The number of hydrogen-bond acceptors (Lipinski definition) is 1. The molecule has 0 aromatic heterocycles. The van der Waals surface area contributed by atoms with E-state index < -0.39 is 0 Å². The molecule has 1 N–H and O–H groups in total. The van der Waals surface area contributed by atoms with Gasteiger partial charge in [0.1, 0.15) is 0 Å². The van der Waals surface area contributed by atoms with Crippen molar-refractivity contribution in [3.63, 3.8) is 0 Å². The quantitative estimate of drug-likeness (QED) is 0.612. The Hall–Kier alpha value is -0.480. The van der Waals surface area contributed by atoms with E-state index in [4.69, 9.17) is 0 Å². The van der Waals surface area contributed by atoms with Gasteiger partial charge in [0.25, 0.3) is 0 Å². The van der Waals surface area contributed by atoms with E-state index in [2.05, 4.69) is 37.9 Å². The van der Waals surface area contributed by atoms with Crippen LogP contribution in [0.5, 0.6) is 0 Å². The van der Waals surface area contributed by atoms with Crippen LogP contribution in [0.4, 0.5) is 0 Å². The molecule has 0 aliphatic carbocycles. The third-order valence-electron chi connectivity index (χ3n) is 1.80. The third-order valence-corrected chi connectivity index (χ3v) is 1.80. The summed E-state index contributed by atoms with van der Waals surface area (Å²) in [5, 5.41) is 3.26. The molecule has 0 radical (unpaired) electrons. The summed E-state index contributed by atoms with van der Waals surface area (Å²) in [7, 11) is 2.00. The minimum Gasteiger partial charge on any atom is -0.316 e. The molecule has 0 aromatic carbocycles. The first-order valence-corrected chi connectivity index (χ1v) is 4.35. The minimum atomic E-state index is 0.550. The molecule has 0 fully saturated rings. The molecule has 0 aliphatic rings. The van der Waals surface area contributed by atoms with Crippen LogP contribution >= 0.6 is 0 Å². The van der Waals surface area contributed by atoms with Crippen molar-refractivity contribution in [3.8, 4) is 11.8 Å². The zero-order valence-corrected chi connectivity index (χ0v) is 8.07. The molecule has 0 aliphatic heterocycles. The molecule has 0 saturated carbocycles. The van der Waals surface area contributed by atoms with Crippen LogP contribution in [0.25, 0.3) is 0 Å². The predicted molar refractivity (Wildman–Crippen MR) is 50.4 cm³/mol. The van der Waals surface area contributed by atoms with Gasteiger partial charge in [-0.2, -0.15) is 0 Å². The van der Waals surface area contributed by atoms with E-state index in [9.17, 15) is 0 Å². The number of hydrogen-bond donors (Lipinski definition) is 1. The monoisotopic (exact) mass is 153 g/mol. The van der Waals surface area contributed by atoms with Gasteiger partial charge in [0.05, 0.1) is 0 Å². The van der Waals surface area contributed by atoms with Gasteiger partial charge in [0.2, 0.25) is 0 Å². The van der Waals surface area contributed by atoms with Gasteiger partial charge in [-0.05, 0) is 13.0 Å². The van der Waals surface area contributed by atoms with Crippen molar-refractivity contribution in [3.05, 3.63) is 0 Å². The number of rotatable bonds is 3. The Morgan fingerprint density at radius 3 is 2.27 bits per heavy atom.